The molecule has 0 aliphatic rings. The number of rotatable bonds is 7. The molecule has 0 unspecified atom stereocenters. The van der Waals surface area contributed by atoms with E-state index in [1.807, 2.05) is 0 Å². The van der Waals surface area contributed by atoms with Gasteiger partial charge in [0.15, 0.2) is 0 Å². The molecule has 0 radical (unpaired) electrons. The van der Waals surface area contributed by atoms with Crippen LogP contribution in [-0.4, -0.2) is 10.2 Å². The van der Waals surface area contributed by atoms with Gasteiger partial charge in [0, 0.05) is 0 Å². The maximum absolute atomic E-state index is 10.6. The first kappa shape index (κ1) is 20.4. The Morgan fingerprint density at radius 3 is 1.27 bits per heavy atom. The highest BCUT2D eigenvalue weighted by Crippen LogP contribution is 2.39. The number of phenols is 2. The molecule has 0 heterocycles. The van der Waals surface area contributed by atoms with Gasteiger partial charge in [0.2, 0.25) is 0 Å². The Bertz CT molecular complexity index is 692. The first-order valence-electron chi connectivity index (χ1n) is 10.0. The van der Waals surface area contributed by atoms with Crippen LogP contribution in [0.25, 0.3) is 11.1 Å². The highest BCUT2D eigenvalue weighted by atomic mass is 16.3. The number of aromatic hydroxyl groups is 2. The minimum Gasteiger partial charge on any atom is -0.507 e. The number of phenolic OH excluding ortho intramolecular Hbond substituents is 2. The van der Waals surface area contributed by atoms with E-state index in [-0.39, 0.29) is 11.8 Å². The molecule has 0 saturated heterocycles. The molecule has 142 valence electrons. The van der Waals surface area contributed by atoms with E-state index in [0.29, 0.717) is 11.5 Å². The third-order valence-corrected chi connectivity index (χ3v) is 5.05. The molecule has 0 amide bonds. The van der Waals surface area contributed by atoms with E-state index in [2.05, 4.69) is 65.8 Å². The number of hydrogen-bond donors (Lipinski definition) is 2. The molecule has 0 bridgehead atoms. The molecule has 26 heavy (non-hydrogen) atoms. The second-order valence-corrected chi connectivity index (χ2v) is 7.96. The summed E-state index contributed by atoms with van der Waals surface area (Å²) in [7, 11) is 0. The van der Waals surface area contributed by atoms with Gasteiger partial charge in [-0.3, -0.25) is 0 Å². The second kappa shape index (κ2) is 8.62. The van der Waals surface area contributed by atoms with Crippen molar-refractivity contribution in [2.24, 2.45) is 0 Å². The Morgan fingerprint density at radius 2 is 1.00 bits per heavy atom. The summed E-state index contributed by atoms with van der Waals surface area (Å²) in [4.78, 5) is 0. The fraction of sp³-hybridized carbons (Fsp3) is 0.500. The maximum atomic E-state index is 10.6. The third-order valence-electron chi connectivity index (χ3n) is 5.05. The summed E-state index contributed by atoms with van der Waals surface area (Å²) >= 11 is 0. The molecule has 0 atom stereocenters. The molecule has 2 N–H and O–H groups in total. The van der Waals surface area contributed by atoms with Crippen molar-refractivity contribution in [2.75, 3.05) is 0 Å². The standard InChI is InChI=1S/C24H34O2/c1-7-9-17-11-19(13-21(15(3)4)23(17)25)20-12-18(10-8-2)24(26)22(14-20)16(5)6/h11-16,25-26H,7-10H2,1-6H3. The predicted molar refractivity (Wildman–Crippen MR) is 111 cm³/mol. The van der Waals surface area contributed by atoms with E-state index in [9.17, 15) is 10.2 Å². The fourth-order valence-corrected chi connectivity index (χ4v) is 3.57. The lowest BCUT2D eigenvalue weighted by molar-refractivity contribution is 0.456. The van der Waals surface area contributed by atoms with Gasteiger partial charge in [-0.2, -0.15) is 0 Å². The van der Waals surface area contributed by atoms with Crippen LogP contribution in [0.5, 0.6) is 11.5 Å². The van der Waals surface area contributed by atoms with Crippen molar-refractivity contribution in [1.82, 2.24) is 0 Å². The molecule has 2 aromatic carbocycles. The van der Waals surface area contributed by atoms with Crippen LogP contribution in [0.15, 0.2) is 24.3 Å². The van der Waals surface area contributed by atoms with Crippen molar-refractivity contribution in [2.45, 2.75) is 79.1 Å². The number of benzene rings is 2. The van der Waals surface area contributed by atoms with Gasteiger partial charge in [-0.05, 0) is 82.3 Å². The molecule has 0 aromatic heterocycles. The molecule has 2 rings (SSSR count). The summed E-state index contributed by atoms with van der Waals surface area (Å²) < 4.78 is 0. The van der Waals surface area contributed by atoms with Crippen LogP contribution in [0, 0.1) is 0 Å². The Balaban J connectivity index is 2.70. The summed E-state index contributed by atoms with van der Waals surface area (Å²) in [5.74, 6) is 1.43. The molecule has 0 spiro atoms. The maximum Gasteiger partial charge on any atom is 0.122 e. The van der Waals surface area contributed by atoms with Crippen LogP contribution in [0.1, 0.15) is 88.5 Å². The minimum absolute atomic E-state index is 0.266. The van der Waals surface area contributed by atoms with Crippen LogP contribution in [0.2, 0.25) is 0 Å². The van der Waals surface area contributed by atoms with Crippen molar-refractivity contribution >= 4 is 0 Å². The molecule has 0 aliphatic carbocycles. The summed E-state index contributed by atoms with van der Waals surface area (Å²) in [6.45, 7) is 12.7. The molecule has 2 aromatic rings. The van der Waals surface area contributed by atoms with Gasteiger partial charge in [0.25, 0.3) is 0 Å². The Morgan fingerprint density at radius 1 is 0.654 bits per heavy atom. The average molecular weight is 355 g/mol. The fourth-order valence-electron chi connectivity index (χ4n) is 3.57. The van der Waals surface area contributed by atoms with Gasteiger partial charge >= 0.3 is 0 Å². The van der Waals surface area contributed by atoms with E-state index < -0.39 is 0 Å². The largest absolute Gasteiger partial charge is 0.507 e. The molecule has 0 fully saturated rings. The van der Waals surface area contributed by atoms with Crippen LogP contribution in [0.3, 0.4) is 0 Å². The summed E-state index contributed by atoms with van der Waals surface area (Å²) in [6.07, 6.45) is 3.75. The summed E-state index contributed by atoms with van der Waals surface area (Å²) in [5, 5.41) is 21.3. The van der Waals surface area contributed by atoms with E-state index in [1.54, 1.807) is 0 Å². The van der Waals surface area contributed by atoms with Gasteiger partial charge in [-0.15, -0.1) is 0 Å². The van der Waals surface area contributed by atoms with Crippen molar-refractivity contribution in [3.05, 3.63) is 46.5 Å². The van der Waals surface area contributed by atoms with Crippen LogP contribution in [0.4, 0.5) is 0 Å². The monoisotopic (exact) mass is 354 g/mol. The zero-order valence-corrected chi connectivity index (χ0v) is 17.2. The van der Waals surface area contributed by atoms with E-state index >= 15 is 0 Å². The zero-order valence-electron chi connectivity index (χ0n) is 17.2. The highest BCUT2D eigenvalue weighted by Gasteiger charge is 2.17. The predicted octanol–water partition coefficient (Wildman–Crippen LogP) is 6.92. The lowest BCUT2D eigenvalue weighted by atomic mass is 9.88. The van der Waals surface area contributed by atoms with E-state index in [1.165, 1.54) is 0 Å². The number of aryl methyl sites for hydroxylation is 2. The first-order valence-corrected chi connectivity index (χ1v) is 10.0. The molecular formula is C24H34O2. The zero-order chi connectivity index (χ0) is 19.4. The van der Waals surface area contributed by atoms with Crippen molar-refractivity contribution in [3.8, 4) is 22.6 Å². The normalized spacial score (nSPS) is 11.5. The molecule has 2 nitrogen and oxygen atoms in total. The van der Waals surface area contributed by atoms with Gasteiger partial charge in [0.05, 0.1) is 0 Å². The molecular weight excluding hydrogens is 320 g/mol. The number of hydrogen-bond acceptors (Lipinski definition) is 2. The first-order chi connectivity index (χ1) is 12.3. The van der Waals surface area contributed by atoms with Gasteiger partial charge in [-0.25, -0.2) is 0 Å². The van der Waals surface area contributed by atoms with Gasteiger partial charge in [0.1, 0.15) is 11.5 Å². The van der Waals surface area contributed by atoms with Crippen LogP contribution >= 0.6 is 0 Å². The highest BCUT2D eigenvalue weighted by molar-refractivity contribution is 5.71. The lowest BCUT2D eigenvalue weighted by Gasteiger charge is -2.18. The van der Waals surface area contributed by atoms with Crippen molar-refractivity contribution in [1.29, 1.82) is 0 Å². The Labute approximate surface area is 158 Å². The van der Waals surface area contributed by atoms with E-state index in [0.717, 1.165) is 59.1 Å². The van der Waals surface area contributed by atoms with Crippen molar-refractivity contribution in [3.63, 3.8) is 0 Å². The summed E-state index contributed by atoms with van der Waals surface area (Å²) in [6, 6.07) is 8.48. The second-order valence-electron chi connectivity index (χ2n) is 7.96. The third kappa shape index (κ3) is 4.23. The Hall–Kier alpha value is -1.96. The molecule has 2 heteroatoms. The Kier molecular flexibility index (Phi) is 6.75. The molecule has 0 saturated carbocycles. The summed E-state index contributed by atoms with van der Waals surface area (Å²) in [5.41, 5.74) is 6.31. The smallest absolute Gasteiger partial charge is 0.122 e. The van der Waals surface area contributed by atoms with Crippen LogP contribution < -0.4 is 0 Å². The lowest BCUT2D eigenvalue weighted by Crippen LogP contribution is -1.98. The van der Waals surface area contributed by atoms with Crippen molar-refractivity contribution < 1.29 is 10.2 Å². The topological polar surface area (TPSA) is 40.5 Å². The van der Waals surface area contributed by atoms with Gasteiger partial charge < -0.3 is 10.2 Å². The SMILES string of the molecule is CCCc1cc(-c2cc(CCC)c(O)c(C(C)C)c2)cc(C(C)C)c1O. The van der Waals surface area contributed by atoms with Gasteiger partial charge in [-0.1, -0.05) is 54.4 Å². The average Bonchev–Trinajstić information content (AvgIpc) is 2.58. The van der Waals surface area contributed by atoms with Crippen LogP contribution in [-0.2, 0) is 12.8 Å². The quantitative estimate of drug-likeness (QED) is 0.566. The molecule has 0 aliphatic heterocycles. The minimum atomic E-state index is 0.266. The van der Waals surface area contributed by atoms with E-state index in [4.69, 9.17) is 0 Å².